The molecule has 0 bridgehead atoms. The van der Waals surface area contributed by atoms with E-state index in [4.69, 9.17) is 4.42 Å². The van der Waals surface area contributed by atoms with Crippen LogP contribution in [-0.2, 0) is 19.6 Å². The van der Waals surface area contributed by atoms with Crippen LogP contribution < -0.4 is 5.32 Å². The molecule has 0 atom stereocenters. The summed E-state index contributed by atoms with van der Waals surface area (Å²) in [6, 6.07) is 6.17. The largest absolute Gasteiger partial charge is 0.468 e. The van der Waals surface area contributed by atoms with E-state index in [2.05, 4.69) is 47.2 Å². The van der Waals surface area contributed by atoms with E-state index in [1.807, 2.05) is 12.4 Å². The molecule has 0 saturated carbocycles. The highest BCUT2D eigenvalue weighted by molar-refractivity contribution is 5.17. The first-order valence-corrected chi connectivity index (χ1v) is 7.20. The molecule has 2 aromatic heterocycles. The minimum atomic E-state index is 0.840. The van der Waals surface area contributed by atoms with Crippen molar-refractivity contribution in [3.05, 3.63) is 53.7 Å². The lowest BCUT2D eigenvalue weighted by Gasteiger charge is -2.19. The number of rotatable bonds is 8. The van der Waals surface area contributed by atoms with Gasteiger partial charge in [0.2, 0.25) is 0 Å². The van der Waals surface area contributed by atoms with E-state index in [1.165, 1.54) is 11.1 Å². The molecule has 0 unspecified atom stereocenters. The van der Waals surface area contributed by atoms with Crippen molar-refractivity contribution in [2.75, 3.05) is 13.1 Å². The summed E-state index contributed by atoms with van der Waals surface area (Å²) in [6.07, 6.45) is 5.46. The minimum absolute atomic E-state index is 0.840. The Labute approximate surface area is 120 Å². The molecule has 2 rings (SSSR count). The van der Waals surface area contributed by atoms with Crippen LogP contribution in [0.5, 0.6) is 0 Å². The van der Waals surface area contributed by atoms with Crippen LogP contribution in [0.4, 0.5) is 0 Å². The summed E-state index contributed by atoms with van der Waals surface area (Å²) < 4.78 is 5.64. The van der Waals surface area contributed by atoms with Crippen LogP contribution in [0.25, 0.3) is 0 Å². The number of pyridine rings is 1. The Morgan fingerprint density at radius 1 is 1.15 bits per heavy atom. The van der Waals surface area contributed by atoms with Gasteiger partial charge in [-0.15, -0.1) is 0 Å². The number of hydrogen-bond donors (Lipinski definition) is 1. The van der Waals surface area contributed by atoms with Gasteiger partial charge in [0, 0.05) is 31.0 Å². The quantitative estimate of drug-likeness (QED) is 0.803. The second-order valence-electron chi connectivity index (χ2n) is 4.81. The van der Waals surface area contributed by atoms with Crippen LogP contribution in [0.3, 0.4) is 0 Å². The molecule has 0 aromatic carbocycles. The maximum atomic E-state index is 5.64. The van der Waals surface area contributed by atoms with E-state index in [0.717, 1.165) is 38.5 Å². The number of furan rings is 1. The molecular weight excluding hydrogens is 250 g/mol. The van der Waals surface area contributed by atoms with Gasteiger partial charge in [0.1, 0.15) is 5.76 Å². The summed E-state index contributed by atoms with van der Waals surface area (Å²) in [5.74, 6) is 1.06. The van der Waals surface area contributed by atoms with Gasteiger partial charge in [0.05, 0.1) is 12.8 Å². The van der Waals surface area contributed by atoms with Gasteiger partial charge in [-0.05, 0) is 36.9 Å². The van der Waals surface area contributed by atoms with Gasteiger partial charge in [-0.25, -0.2) is 0 Å². The van der Waals surface area contributed by atoms with Crippen molar-refractivity contribution in [3.63, 3.8) is 0 Å². The summed E-state index contributed by atoms with van der Waals surface area (Å²) in [5.41, 5.74) is 2.53. The van der Waals surface area contributed by atoms with E-state index in [0.29, 0.717) is 0 Å². The fourth-order valence-corrected chi connectivity index (χ4v) is 2.15. The molecule has 0 fully saturated rings. The SMILES string of the molecule is CCNCc1ccoc1CN(CC)Cc1ccncc1. The normalized spacial score (nSPS) is 11.2. The Balaban J connectivity index is 1.97. The maximum Gasteiger partial charge on any atom is 0.122 e. The molecule has 4 nitrogen and oxygen atoms in total. The summed E-state index contributed by atoms with van der Waals surface area (Å²) in [6.45, 7) is 8.88. The van der Waals surface area contributed by atoms with Crippen molar-refractivity contribution < 1.29 is 4.42 Å². The molecule has 0 aliphatic carbocycles. The monoisotopic (exact) mass is 273 g/mol. The van der Waals surface area contributed by atoms with Crippen LogP contribution in [0, 0.1) is 0 Å². The topological polar surface area (TPSA) is 41.3 Å². The Hall–Kier alpha value is -1.65. The van der Waals surface area contributed by atoms with Crippen molar-refractivity contribution >= 4 is 0 Å². The minimum Gasteiger partial charge on any atom is -0.468 e. The van der Waals surface area contributed by atoms with Gasteiger partial charge in [-0.3, -0.25) is 9.88 Å². The summed E-state index contributed by atoms with van der Waals surface area (Å²) >= 11 is 0. The van der Waals surface area contributed by atoms with Gasteiger partial charge >= 0.3 is 0 Å². The van der Waals surface area contributed by atoms with Crippen LogP contribution in [0.15, 0.2) is 41.3 Å². The van der Waals surface area contributed by atoms with Crippen molar-refractivity contribution in [1.82, 2.24) is 15.2 Å². The fourth-order valence-electron chi connectivity index (χ4n) is 2.15. The van der Waals surface area contributed by atoms with Crippen molar-refractivity contribution in [2.24, 2.45) is 0 Å². The zero-order valence-corrected chi connectivity index (χ0v) is 12.3. The van der Waals surface area contributed by atoms with E-state index in [1.54, 1.807) is 6.26 Å². The molecule has 1 N–H and O–H groups in total. The number of nitrogens with one attached hydrogen (secondary N) is 1. The van der Waals surface area contributed by atoms with Crippen LogP contribution in [0.2, 0.25) is 0 Å². The molecule has 0 spiro atoms. The Bertz CT molecular complexity index is 495. The first-order chi connectivity index (χ1) is 9.83. The van der Waals surface area contributed by atoms with Crippen molar-refractivity contribution in [2.45, 2.75) is 33.5 Å². The average molecular weight is 273 g/mol. The smallest absolute Gasteiger partial charge is 0.122 e. The molecule has 108 valence electrons. The molecule has 0 aliphatic heterocycles. The molecule has 2 heterocycles. The van der Waals surface area contributed by atoms with Crippen LogP contribution >= 0.6 is 0 Å². The third-order valence-electron chi connectivity index (χ3n) is 3.37. The predicted octanol–water partition coefficient (Wildman–Crippen LogP) is 2.81. The van der Waals surface area contributed by atoms with Gasteiger partial charge < -0.3 is 9.73 Å². The van der Waals surface area contributed by atoms with Crippen LogP contribution in [0.1, 0.15) is 30.7 Å². The van der Waals surface area contributed by atoms with E-state index < -0.39 is 0 Å². The first-order valence-electron chi connectivity index (χ1n) is 7.20. The molecule has 20 heavy (non-hydrogen) atoms. The van der Waals surface area contributed by atoms with E-state index >= 15 is 0 Å². The summed E-state index contributed by atoms with van der Waals surface area (Å²) in [5, 5.41) is 3.35. The lowest BCUT2D eigenvalue weighted by molar-refractivity contribution is 0.246. The van der Waals surface area contributed by atoms with Gasteiger partial charge in [0.15, 0.2) is 0 Å². The number of aromatic nitrogens is 1. The molecule has 4 heteroatoms. The fraction of sp³-hybridized carbons (Fsp3) is 0.438. The molecule has 0 radical (unpaired) electrons. The maximum absolute atomic E-state index is 5.64. The molecule has 0 amide bonds. The third-order valence-corrected chi connectivity index (χ3v) is 3.37. The molecule has 0 saturated heterocycles. The Morgan fingerprint density at radius 3 is 2.65 bits per heavy atom. The zero-order chi connectivity index (χ0) is 14.2. The molecular formula is C16H23N3O. The second-order valence-corrected chi connectivity index (χ2v) is 4.81. The standard InChI is InChI=1S/C16H23N3O/c1-3-17-11-15-7-10-20-16(15)13-19(4-2)12-14-5-8-18-9-6-14/h5-10,17H,3-4,11-13H2,1-2H3. The van der Waals surface area contributed by atoms with Gasteiger partial charge in [-0.1, -0.05) is 13.8 Å². The molecule has 2 aromatic rings. The highest BCUT2D eigenvalue weighted by Crippen LogP contribution is 2.15. The lowest BCUT2D eigenvalue weighted by atomic mass is 10.2. The number of hydrogen-bond acceptors (Lipinski definition) is 4. The summed E-state index contributed by atoms with van der Waals surface area (Å²) in [4.78, 5) is 6.42. The Morgan fingerprint density at radius 2 is 1.95 bits per heavy atom. The molecule has 0 aliphatic rings. The summed E-state index contributed by atoms with van der Waals surface area (Å²) in [7, 11) is 0. The first kappa shape index (κ1) is 14.8. The van der Waals surface area contributed by atoms with E-state index in [-0.39, 0.29) is 0 Å². The highest BCUT2D eigenvalue weighted by Gasteiger charge is 2.11. The van der Waals surface area contributed by atoms with Crippen molar-refractivity contribution in [3.8, 4) is 0 Å². The third kappa shape index (κ3) is 4.18. The number of nitrogens with zero attached hydrogens (tertiary/aromatic N) is 2. The van der Waals surface area contributed by atoms with Gasteiger partial charge in [0.25, 0.3) is 0 Å². The van der Waals surface area contributed by atoms with Crippen molar-refractivity contribution in [1.29, 1.82) is 0 Å². The highest BCUT2D eigenvalue weighted by atomic mass is 16.3. The van der Waals surface area contributed by atoms with Gasteiger partial charge in [-0.2, -0.15) is 0 Å². The average Bonchev–Trinajstić information content (AvgIpc) is 2.92. The second kappa shape index (κ2) is 7.82. The van der Waals surface area contributed by atoms with Crippen LogP contribution in [-0.4, -0.2) is 23.0 Å². The zero-order valence-electron chi connectivity index (χ0n) is 12.3. The lowest BCUT2D eigenvalue weighted by Crippen LogP contribution is -2.23. The van der Waals surface area contributed by atoms with E-state index in [9.17, 15) is 0 Å². The predicted molar refractivity (Wildman–Crippen MR) is 80.1 cm³/mol. The Kier molecular flexibility index (Phi) is 5.77.